The van der Waals surface area contributed by atoms with Crippen LogP contribution < -0.4 is 10.6 Å². The molecule has 1 atom stereocenters. The van der Waals surface area contributed by atoms with E-state index in [0.29, 0.717) is 11.6 Å². The van der Waals surface area contributed by atoms with Gasteiger partial charge in [0.15, 0.2) is 0 Å². The van der Waals surface area contributed by atoms with Crippen molar-refractivity contribution in [1.29, 1.82) is 0 Å². The molecule has 0 spiro atoms. The van der Waals surface area contributed by atoms with Crippen LogP contribution in [0, 0.1) is 0 Å². The lowest BCUT2D eigenvalue weighted by Gasteiger charge is -2.10. The van der Waals surface area contributed by atoms with Crippen LogP contribution in [0.4, 0.5) is 4.79 Å². The summed E-state index contributed by atoms with van der Waals surface area (Å²) in [5.74, 6) is 0.546. The van der Waals surface area contributed by atoms with Crippen molar-refractivity contribution >= 4 is 28.7 Å². The lowest BCUT2D eigenvalue weighted by molar-refractivity contribution is 0.173. The van der Waals surface area contributed by atoms with Crippen molar-refractivity contribution in [1.82, 2.24) is 15.6 Å². The number of amides is 2. The van der Waals surface area contributed by atoms with Gasteiger partial charge in [0.1, 0.15) is 6.26 Å². The Balaban J connectivity index is 1.44. The Labute approximate surface area is 140 Å². The standard InChI is InChI=1S/C15H15N3O3S2/c19-12(10-3-5-22-9-10)7-17-15(20)16-6-11-8-21-14(18-11)13-2-1-4-23-13/h1-5,8-9,12,19H,6-7H2,(H2,16,17,20). The first-order valence-corrected chi connectivity index (χ1v) is 8.75. The molecular weight excluding hydrogens is 334 g/mol. The number of hydrogen-bond acceptors (Lipinski definition) is 6. The number of urea groups is 1. The number of aliphatic hydroxyl groups excluding tert-OH is 1. The molecule has 1 unspecified atom stereocenters. The quantitative estimate of drug-likeness (QED) is 0.638. The van der Waals surface area contributed by atoms with Crippen molar-refractivity contribution in [3.63, 3.8) is 0 Å². The van der Waals surface area contributed by atoms with Crippen molar-refractivity contribution in [3.8, 4) is 10.8 Å². The van der Waals surface area contributed by atoms with Crippen LogP contribution in [0.3, 0.4) is 0 Å². The van der Waals surface area contributed by atoms with Crippen molar-refractivity contribution in [2.24, 2.45) is 0 Å². The highest BCUT2D eigenvalue weighted by Crippen LogP contribution is 2.23. The first kappa shape index (κ1) is 15.7. The van der Waals surface area contributed by atoms with Gasteiger partial charge in [-0.05, 0) is 33.8 Å². The predicted molar refractivity (Wildman–Crippen MR) is 89.3 cm³/mol. The second kappa shape index (κ2) is 7.40. The molecule has 0 saturated heterocycles. The fourth-order valence-electron chi connectivity index (χ4n) is 1.91. The van der Waals surface area contributed by atoms with Crippen molar-refractivity contribution in [3.05, 3.63) is 51.9 Å². The maximum Gasteiger partial charge on any atom is 0.315 e. The lowest BCUT2D eigenvalue weighted by Crippen LogP contribution is -2.37. The van der Waals surface area contributed by atoms with Crippen LogP contribution in [0.25, 0.3) is 10.8 Å². The monoisotopic (exact) mass is 349 g/mol. The Morgan fingerprint density at radius 3 is 3.00 bits per heavy atom. The van der Waals surface area contributed by atoms with Gasteiger partial charge < -0.3 is 20.2 Å². The lowest BCUT2D eigenvalue weighted by atomic mass is 10.2. The molecule has 3 N–H and O–H groups in total. The Hall–Kier alpha value is -2.16. The topological polar surface area (TPSA) is 87.4 Å². The summed E-state index contributed by atoms with van der Waals surface area (Å²) < 4.78 is 5.38. The number of nitrogens with one attached hydrogen (secondary N) is 2. The fourth-order valence-corrected chi connectivity index (χ4v) is 3.27. The van der Waals surface area contributed by atoms with Crippen molar-refractivity contribution in [2.45, 2.75) is 12.6 Å². The number of rotatable bonds is 6. The van der Waals surface area contributed by atoms with Crippen LogP contribution >= 0.6 is 22.7 Å². The maximum absolute atomic E-state index is 11.7. The molecule has 0 bridgehead atoms. The van der Waals surface area contributed by atoms with Gasteiger partial charge >= 0.3 is 6.03 Å². The second-order valence-electron chi connectivity index (χ2n) is 4.76. The molecule has 0 aliphatic carbocycles. The predicted octanol–water partition coefficient (Wildman–Crippen LogP) is 3.00. The van der Waals surface area contributed by atoms with E-state index in [1.54, 1.807) is 11.3 Å². The summed E-state index contributed by atoms with van der Waals surface area (Å²) >= 11 is 3.05. The number of hydrogen-bond donors (Lipinski definition) is 3. The number of aromatic nitrogens is 1. The Kier molecular flexibility index (Phi) is 5.06. The third kappa shape index (κ3) is 4.19. The molecule has 0 saturated carbocycles. The van der Waals surface area contributed by atoms with E-state index in [4.69, 9.17) is 4.42 Å². The average molecular weight is 349 g/mol. The van der Waals surface area contributed by atoms with Gasteiger partial charge in [-0.1, -0.05) is 6.07 Å². The van der Waals surface area contributed by atoms with Crippen molar-refractivity contribution < 1.29 is 14.3 Å². The molecule has 3 aromatic heterocycles. The minimum atomic E-state index is -0.704. The molecule has 0 aliphatic heterocycles. The Morgan fingerprint density at radius 1 is 1.35 bits per heavy atom. The van der Waals surface area contributed by atoms with Crippen LogP contribution in [-0.2, 0) is 6.54 Å². The van der Waals surface area contributed by atoms with Crippen LogP contribution in [0.15, 0.2) is 45.0 Å². The third-order valence-corrected chi connectivity index (χ3v) is 4.66. The molecule has 2 amide bonds. The highest BCUT2D eigenvalue weighted by atomic mass is 32.1. The molecule has 0 aromatic carbocycles. The zero-order chi connectivity index (χ0) is 16.1. The summed E-state index contributed by atoms with van der Waals surface area (Å²) in [5, 5.41) is 20.9. The van der Waals surface area contributed by atoms with E-state index in [2.05, 4.69) is 15.6 Å². The molecule has 0 aliphatic rings. The highest BCUT2D eigenvalue weighted by Gasteiger charge is 2.11. The van der Waals surface area contributed by atoms with Gasteiger partial charge in [0, 0.05) is 6.54 Å². The number of carbonyl (C=O) groups is 1. The summed E-state index contributed by atoms with van der Waals surface area (Å²) in [6.45, 7) is 0.414. The molecule has 0 radical (unpaired) electrons. The second-order valence-corrected chi connectivity index (χ2v) is 6.49. The smallest absolute Gasteiger partial charge is 0.315 e. The average Bonchev–Trinajstić information content (AvgIpc) is 3.32. The third-order valence-electron chi connectivity index (χ3n) is 3.10. The van der Waals surface area contributed by atoms with E-state index in [9.17, 15) is 9.90 Å². The van der Waals surface area contributed by atoms with Gasteiger partial charge in [0.2, 0.25) is 5.89 Å². The van der Waals surface area contributed by atoms with Gasteiger partial charge in [-0.15, -0.1) is 11.3 Å². The molecule has 3 rings (SSSR count). The number of aliphatic hydroxyl groups is 1. The summed E-state index contributed by atoms with van der Waals surface area (Å²) in [6, 6.07) is 5.32. The summed E-state index contributed by atoms with van der Waals surface area (Å²) in [5.41, 5.74) is 1.44. The minimum absolute atomic E-state index is 0.155. The molecular formula is C15H15N3O3S2. The Bertz CT molecular complexity index is 738. The van der Waals surface area contributed by atoms with Gasteiger partial charge in [-0.25, -0.2) is 9.78 Å². The van der Waals surface area contributed by atoms with Gasteiger partial charge in [0.05, 0.1) is 23.2 Å². The fraction of sp³-hybridized carbons (Fsp3) is 0.200. The molecule has 6 nitrogen and oxygen atoms in total. The summed E-state index contributed by atoms with van der Waals surface area (Å²) in [6.07, 6.45) is 0.819. The highest BCUT2D eigenvalue weighted by molar-refractivity contribution is 7.13. The summed E-state index contributed by atoms with van der Waals surface area (Å²) in [7, 11) is 0. The normalized spacial score (nSPS) is 12.0. The zero-order valence-electron chi connectivity index (χ0n) is 12.1. The molecule has 0 fully saturated rings. The van der Waals surface area contributed by atoms with E-state index in [1.807, 2.05) is 34.3 Å². The van der Waals surface area contributed by atoms with Crippen LogP contribution in [0.5, 0.6) is 0 Å². The van der Waals surface area contributed by atoms with E-state index in [1.165, 1.54) is 17.6 Å². The van der Waals surface area contributed by atoms with E-state index in [-0.39, 0.29) is 19.1 Å². The minimum Gasteiger partial charge on any atom is -0.443 e. The largest absolute Gasteiger partial charge is 0.443 e. The molecule has 8 heteroatoms. The van der Waals surface area contributed by atoms with Crippen LogP contribution in [0.2, 0.25) is 0 Å². The van der Waals surface area contributed by atoms with Crippen molar-refractivity contribution in [2.75, 3.05) is 6.54 Å². The number of oxazole rings is 1. The first-order chi connectivity index (χ1) is 11.2. The van der Waals surface area contributed by atoms with Crippen LogP contribution in [-0.4, -0.2) is 22.7 Å². The van der Waals surface area contributed by atoms with Crippen LogP contribution in [0.1, 0.15) is 17.4 Å². The van der Waals surface area contributed by atoms with E-state index in [0.717, 1.165) is 10.4 Å². The maximum atomic E-state index is 11.7. The van der Waals surface area contributed by atoms with Gasteiger partial charge in [-0.3, -0.25) is 0 Å². The number of nitrogens with zero attached hydrogens (tertiary/aromatic N) is 1. The molecule has 3 aromatic rings. The Morgan fingerprint density at radius 2 is 2.26 bits per heavy atom. The van der Waals surface area contributed by atoms with Gasteiger partial charge in [-0.2, -0.15) is 11.3 Å². The summed E-state index contributed by atoms with van der Waals surface area (Å²) in [4.78, 5) is 17.0. The number of thiophene rings is 2. The molecule has 3 heterocycles. The zero-order valence-corrected chi connectivity index (χ0v) is 13.7. The molecule has 23 heavy (non-hydrogen) atoms. The van der Waals surface area contributed by atoms with E-state index >= 15 is 0 Å². The van der Waals surface area contributed by atoms with Gasteiger partial charge in [0.25, 0.3) is 0 Å². The number of carbonyl (C=O) groups excluding carboxylic acids is 1. The van der Waals surface area contributed by atoms with E-state index < -0.39 is 6.10 Å². The molecule has 120 valence electrons. The first-order valence-electron chi connectivity index (χ1n) is 6.92. The SMILES string of the molecule is O=C(NCc1coc(-c2cccs2)n1)NCC(O)c1ccsc1.